The van der Waals surface area contributed by atoms with Gasteiger partial charge < -0.3 is 4.42 Å². The molecule has 1 aromatic carbocycles. The summed E-state index contributed by atoms with van der Waals surface area (Å²) in [6.07, 6.45) is -2.58. The van der Waals surface area contributed by atoms with Crippen LogP contribution in [0.4, 0.5) is 8.78 Å². The first-order chi connectivity index (χ1) is 6.20. The van der Waals surface area contributed by atoms with Crippen LogP contribution in [-0.4, -0.2) is 0 Å². The topological polar surface area (TPSA) is 13.1 Å². The number of fused-ring (bicyclic) bond motifs is 1. The van der Waals surface area contributed by atoms with Gasteiger partial charge in [0.25, 0.3) is 6.43 Å². The van der Waals surface area contributed by atoms with Gasteiger partial charge in [-0.1, -0.05) is 12.1 Å². The van der Waals surface area contributed by atoms with E-state index in [9.17, 15) is 8.78 Å². The maximum absolute atomic E-state index is 12.3. The molecule has 0 saturated carbocycles. The number of benzene rings is 1. The van der Waals surface area contributed by atoms with Crippen molar-refractivity contribution in [1.29, 1.82) is 0 Å². The lowest BCUT2D eigenvalue weighted by molar-refractivity contribution is 0.123. The summed E-state index contributed by atoms with van der Waals surface area (Å²) in [6, 6.07) is 6.91. The lowest BCUT2D eigenvalue weighted by Crippen LogP contribution is -1.78. The van der Waals surface area contributed by atoms with Crippen molar-refractivity contribution >= 4 is 26.9 Å². The van der Waals surface area contributed by atoms with Gasteiger partial charge >= 0.3 is 0 Å². The van der Waals surface area contributed by atoms with Crippen LogP contribution in [0.15, 0.2) is 33.2 Å². The SMILES string of the molecule is FC(F)c1oc2ccccc2c1Br. The standard InChI is InChI=1S/C9H5BrF2O/c10-7-5-3-1-2-4-6(5)13-8(7)9(11)12/h1-4,9H. The summed E-state index contributed by atoms with van der Waals surface area (Å²) in [5, 5.41) is 0.679. The molecule has 1 nitrogen and oxygen atoms in total. The van der Waals surface area contributed by atoms with Crippen LogP contribution in [0, 0.1) is 0 Å². The fourth-order valence-electron chi connectivity index (χ4n) is 1.17. The number of hydrogen-bond donors (Lipinski definition) is 0. The Balaban J connectivity index is 2.74. The van der Waals surface area contributed by atoms with Crippen molar-refractivity contribution in [3.8, 4) is 0 Å². The lowest BCUT2D eigenvalue weighted by atomic mass is 10.2. The molecule has 0 bridgehead atoms. The van der Waals surface area contributed by atoms with E-state index in [-0.39, 0.29) is 5.76 Å². The zero-order valence-electron chi connectivity index (χ0n) is 6.43. The van der Waals surface area contributed by atoms with Crippen molar-refractivity contribution in [2.45, 2.75) is 6.43 Å². The predicted molar refractivity (Wildman–Crippen MR) is 48.9 cm³/mol. The highest BCUT2D eigenvalue weighted by Crippen LogP contribution is 2.36. The van der Waals surface area contributed by atoms with Gasteiger partial charge in [-0.05, 0) is 28.1 Å². The van der Waals surface area contributed by atoms with Crippen molar-refractivity contribution in [3.05, 3.63) is 34.5 Å². The van der Waals surface area contributed by atoms with Gasteiger partial charge in [-0.2, -0.15) is 0 Å². The third-order valence-electron chi connectivity index (χ3n) is 1.76. The van der Waals surface area contributed by atoms with E-state index in [4.69, 9.17) is 4.42 Å². The molecule has 0 atom stereocenters. The van der Waals surface area contributed by atoms with E-state index in [0.717, 1.165) is 0 Å². The van der Waals surface area contributed by atoms with Crippen molar-refractivity contribution in [2.75, 3.05) is 0 Å². The Morgan fingerprint density at radius 3 is 2.54 bits per heavy atom. The summed E-state index contributed by atoms with van der Waals surface area (Å²) in [5.41, 5.74) is 0.477. The van der Waals surface area contributed by atoms with Crippen LogP contribution in [0.3, 0.4) is 0 Å². The highest BCUT2D eigenvalue weighted by Gasteiger charge is 2.19. The van der Waals surface area contributed by atoms with Crippen LogP contribution < -0.4 is 0 Å². The van der Waals surface area contributed by atoms with Crippen LogP contribution in [0.1, 0.15) is 12.2 Å². The van der Waals surface area contributed by atoms with E-state index >= 15 is 0 Å². The minimum atomic E-state index is -2.58. The Morgan fingerprint density at radius 2 is 1.92 bits per heavy atom. The van der Waals surface area contributed by atoms with Crippen LogP contribution in [0.2, 0.25) is 0 Å². The molecule has 13 heavy (non-hydrogen) atoms. The molecule has 0 aliphatic carbocycles. The first-order valence-electron chi connectivity index (χ1n) is 3.65. The van der Waals surface area contributed by atoms with Crippen molar-refractivity contribution in [2.24, 2.45) is 0 Å². The molecule has 1 aromatic heterocycles. The Bertz CT molecular complexity index is 436. The zero-order valence-corrected chi connectivity index (χ0v) is 8.01. The Kier molecular flexibility index (Phi) is 2.07. The summed E-state index contributed by atoms with van der Waals surface area (Å²) in [4.78, 5) is 0. The molecule has 0 aliphatic rings. The summed E-state index contributed by atoms with van der Waals surface area (Å²) in [6.45, 7) is 0. The normalized spacial score (nSPS) is 11.4. The van der Waals surface area contributed by atoms with Gasteiger partial charge in [-0.25, -0.2) is 8.78 Å². The molecule has 0 amide bonds. The second kappa shape index (κ2) is 3.10. The van der Waals surface area contributed by atoms with Gasteiger partial charge in [0.2, 0.25) is 0 Å². The average Bonchev–Trinajstić information content (AvgIpc) is 2.45. The van der Waals surface area contributed by atoms with Crippen LogP contribution >= 0.6 is 15.9 Å². The van der Waals surface area contributed by atoms with Crippen LogP contribution in [0.5, 0.6) is 0 Å². The molecule has 0 aliphatic heterocycles. The second-order valence-electron chi connectivity index (χ2n) is 2.58. The molecule has 0 unspecified atom stereocenters. The summed E-state index contributed by atoms with van der Waals surface area (Å²) in [7, 11) is 0. The molecule has 4 heteroatoms. The van der Waals surface area contributed by atoms with Gasteiger partial charge in [0.15, 0.2) is 5.76 Å². The van der Waals surface area contributed by atoms with Crippen molar-refractivity contribution in [3.63, 3.8) is 0 Å². The Hall–Kier alpha value is -0.900. The van der Waals surface area contributed by atoms with Gasteiger partial charge in [-0.15, -0.1) is 0 Å². The molecular weight excluding hydrogens is 242 g/mol. The molecule has 0 spiro atoms. The first kappa shape index (κ1) is 8.69. The van der Waals surface area contributed by atoms with Gasteiger partial charge in [0.05, 0.1) is 4.47 Å². The van der Waals surface area contributed by atoms with E-state index < -0.39 is 6.43 Å². The predicted octanol–water partition coefficient (Wildman–Crippen LogP) is 4.13. The number of para-hydroxylation sites is 1. The number of alkyl halides is 2. The monoisotopic (exact) mass is 246 g/mol. The molecule has 2 rings (SSSR count). The molecule has 0 saturated heterocycles. The maximum atomic E-state index is 12.3. The van der Waals surface area contributed by atoms with Crippen LogP contribution in [0.25, 0.3) is 11.0 Å². The van der Waals surface area contributed by atoms with Crippen molar-refractivity contribution < 1.29 is 13.2 Å². The highest BCUT2D eigenvalue weighted by molar-refractivity contribution is 9.10. The fraction of sp³-hybridized carbons (Fsp3) is 0.111. The molecule has 0 N–H and O–H groups in total. The number of hydrogen-bond acceptors (Lipinski definition) is 1. The van der Waals surface area contributed by atoms with Crippen LogP contribution in [-0.2, 0) is 0 Å². The van der Waals surface area contributed by atoms with Gasteiger partial charge in [-0.3, -0.25) is 0 Å². The summed E-state index contributed by atoms with van der Waals surface area (Å²) < 4.78 is 30.0. The van der Waals surface area contributed by atoms with E-state index in [0.29, 0.717) is 15.4 Å². The highest BCUT2D eigenvalue weighted by atomic mass is 79.9. The second-order valence-corrected chi connectivity index (χ2v) is 3.37. The molecule has 0 radical (unpaired) electrons. The smallest absolute Gasteiger partial charge is 0.296 e. The molecule has 68 valence electrons. The largest absolute Gasteiger partial charge is 0.454 e. The van der Waals surface area contributed by atoms with E-state index in [1.165, 1.54) is 0 Å². The molecule has 0 fully saturated rings. The van der Waals surface area contributed by atoms with Gasteiger partial charge in [0.1, 0.15) is 5.58 Å². The molecular formula is C9H5BrF2O. The quantitative estimate of drug-likeness (QED) is 0.738. The van der Waals surface area contributed by atoms with Crippen molar-refractivity contribution in [1.82, 2.24) is 0 Å². The summed E-state index contributed by atoms with van der Waals surface area (Å²) in [5.74, 6) is -0.304. The maximum Gasteiger partial charge on any atom is 0.296 e. The number of furan rings is 1. The van der Waals surface area contributed by atoms with Gasteiger partial charge in [0, 0.05) is 5.39 Å². The lowest BCUT2D eigenvalue weighted by Gasteiger charge is -1.91. The summed E-state index contributed by atoms with van der Waals surface area (Å²) >= 11 is 3.08. The minimum Gasteiger partial charge on any atom is -0.454 e. The molecule has 2 aromatic rings. The minimum absolute atomic E-state index is 0.304. The Labute approximate surface area is 81.5 Å². The van der Waals surface area contributed by atoms with E-state index in [1.54, 1.807) is 24.3 Å². The third-order valence-corrected chi connectivity index (χ3v) is 2.58. The van der Waals surface area contributed by atoms with E-state index in [1.807, 2.05) is 0 Å². The van der Waals surface area contributed by atoms with E-state index in [2.05, 4.69) is 15.9 Å². The first-order valence-corrected chi connectivity index (χ1v) is 4.44. The fourth-order valence-corrected chi connectivity index (χ4v) is 1.75. The third kappa shape index (κ3) is 1.35. The number of halogens is 3. The average molecular weight is 247 g/mol. The molecule has 1 heterocycles. The Morgan fingerprint density at radius 1 is 1.23 bits per heavy atom. The number of rotatable bonds is 1. The zero-order chi connectivity index (χ0) is 9.42.